The fourth-order valence-corrected chi connectivity index (χ4v) is 3.62. The van der Waals surface area contributed by atoms with Crippen molar-refractivity contribution in [2.75, 3.05) is 10.6 Å². The monoisotopic (exact) mass is 440 g/mol. The number of nitrogens with one attached hydrogen (secondary N) is 2. The van der Waals surface area contributed by atoms with Gasteiger partial charge in [0.05, 0.1) is 22.7 Å². The average molecular weight is 441 g/mol. The first-order valence-electron chi connectivity index (χ1n) is 10.6. The Balaban J connectivity index is 1.69. The summed E-state index contributed by atoms with van der Waals surface area (Å²) in [5.41, 5.74) is 2.21. The van der Waals surface area contributed by atoms with Gasteiger partial charge in [-0.25, -0.2) is 4.68 Å². The van der Waals surface area contributed by atoms with Crippen LogP contribution in [0.4, 0.5) is 11.4 Å². The molecule has 7 nitrogen and oxygen atoms in total. The zero-order chi connectivity index (χ0) is 23.5. The van der Waals surface area contributed by atoms with Crippen LogP contribution in [0.25, 0.3) is 10.8 Å². The second-order valence-electron chi connectivity index (χ2n) is 8.06. The fraction of sp³-hybridized carbons (Fsp3) is 0.154. The third kappa shape index (κ3) is 4.52. The molecule has 0 aliphatic carbocycles. The van der Waals surface area contributed by atoms with Gasteiger partial charge in [-0.05, 0) is 56.7 Å². The maximum Gasteiger partial charge on any atom is 0.276 e. The molecular weight excluding hydrogens is 416 g/mol. The second-order valence-corrected chi connectivity index (χ2v) is 8.06. The van der Waals surface area contributed by atoms with Crippen molar-refractivity contribution in [2.24, 2.45) is 0 Å². The van der Waals surface area contributed by atoms with Crippen LogP contribution in [0, 0.1) is 6.92 Å². The SMILES string of the molecule is Cc1cccc(NC(=O)c2ccccc2NC(=O)c2nn(C(C)C)c(=O)c3ccccc23)c1. The van der Waals surface area contributed by atoms with E-state index >= 15 is 0 Å². The van der Waals surface area contributed by atoms with Crippen LogP contribution in [0.15, 0.2) is 77.6 Å². The molecule has 2 amide bonds. The fourth-order valence-electron chi connectivity index (χ4n) is 3.62. The van der Waals surface area contributed by atoms with E-state index < -0.39 is 5.91 Å². The zero-order valence-corrected chi connectivity index (χ0v) is 18.6. The lowest BCUT2D eigenvalue weighted by molar-refractivity contribution is 0.102. The molecule has 0 spiro atoms. The van der Waals surface area contributed by atoms with Crippen molar-refractivity contribution >= 4 is 34.0 Å². The number of carbonyl (C=O) groups is 2. The van der Waals surface area contributed by atoms with Crippen LogP contribution in [0.2, 0.25) is 0 Å². The van der Waals surface area contributed by atoms with Gasteiger partial charge in [0.1, 0.15) is 0 Å². The van der Waals surface area contributed by atoms with E-state index in [1.807, 2.05) is 39.0 Å². The molecule has 1 heterocycles. The third-order valence-corrected chi connectivity index (χ3v) is 5.23. The summed E-state index contributed by atoms with van der Waals surface area (Å²) in [5.74, 6) is -0.849. The Bertz CT molecular complexity index is 1420. The lowest BCUT2D eigenvalue weighted by atomic mass is 10.1. The quantitative estimate of drug-likeness (QED) is 0.467. The molecule has 0 bridgehead atoms. The van der Waals surface area contributed by atoms with Crippen LogP contribution in [0.5, 0.6) is 0 Å². The molecule has 0 aliphatic heterocycles. The van der Waals surface area contributed by atoms with Gasteiger partial charge >= 0.3 is 0 Å². The molecule has 0 saturated carbocycles. The maximum absolute atomic E-state index is 13.3. The van der Waals surface area contributed by atoms with Crippen molar-refractivity contribution in [3.63, 3.8) is 0 Å². The summed E-state index contributed by atoms with van der Waals surface area (Å²) in [5, 5.41) is 10.9. The lowest BCUT2D eigenvalue weighted by Gasteiger charge is -2.15. The molecule has 0 fully saturated rings. The number of hydrogen-bond donors (Lipinski definition) is 2. The lowest BCUT2D eigenvalue weighted by Crippen LogP contribution is -2.29. The minimum Gasteiger partial charge on any atom is -0.322 e. The Hall–Kier alpha value is -4.26. The number of anilines is 2. The van der Waals surface area contributed by atoms with Gasteiger partial charge in [0, 0.05) is 11.1 Å². The molecule has 0 radical (unpaired) electrons. The predicted molar refractivity (Wildman–Crippen MR) is 130 cm³/mol. The van der Waals surface area contributed by atoms with Crippen LogP contribution < -0.4 is 16.2 Å². The number of aryl methyl sites for hydroxylation is 1. The molecule has 4 rings (SSSR count). The number of rotatable bonds is 5. The first-order chi connectivity index (χ1) is 15.8. The van der Waals surface area contributed by atoms with Gasteiger partial charge in [-0.1, -0.05) is 42.5 Å². The Morgan fingerprint density at radius 1 is 0.848 bits per heavy atom. The molecule has 0 unspecified atom stereocenters. The van der Waals surface area contributed by atoms with Gasteiger partial charge in [-0.15, -0.1) is 0 Å². The van der Waals surface area contributed by atoms with Gasteiger partial charge in [0.2, 0.25) is 0 Å². The number of hydrogen-bond acceptors (Lipinski definition) is 4. The minimum absolute atomic E-state index is 0.118. The highest BCUT2D eigenvalue weighted by Crippen LogP contribution is 2.21. The molecule has 0 saturated heterocycles. The predicted octanol–water partition coefficient (Wildman–Crippen LogP) is 4.79. The standard InChI is InChI=1S/C26H24N4O3/c1-16(2)30-26(33)20-12-5-4-11-19(20)23(29-30)25(32)28-22-14-7-6-13-21(22)24(31)27-18-10-8-9-17(3)15-18/h4-16H,1-3H3,(H,27,31)(H,28,32). The van der Waals surface area contributed by atoms with Gasteiger partial charge in [0.15, 0.2) is 5.69 Å². The largest absolute Gasteiger partial charge is 0.322 e. The Morgan fingerprint density at radius 3 is 2.27 bits per heavy atom. The Morgan fingerprint density at radius 2 is 1.55 bits per heavy atom. The van der Waals surface area contributed by atoms with Crippen molar-refractivity contribution in [2.45, 2.75) is 26.8 Å². The van der Waals surface area contributed by atoms with Gasteiger partial charge < -0.3 is 10.6 Å². The van der Waals surface area contributed by atoms with E-state index in [0.717, 1.165) is 5.56 Å². The van der Waals surface area contributed by atoms with E-state index in [-0.39, 0.29) is 23.2 Å². The number of para-hydroxylation sites is 1. The van der Waals surface area contributed by atoms with Crippen LogP contribution >= 0.6 is 0 Å². The van der Waals surface area contributed by atoms with Crippen molar-refractivity contribution in [3.05, 3.63) is 100.0 Å². The smallest absolute Gasteiger partial charge is 0.276 e. The van der Waals surface area contributed by atoms with Crippen LogP contribution in [-0.2, 0) is 0 Å². The van der Waals surface area contributed by atoms with Gasteiger partial charge in [0.25, 0.3) is 17.4 Å². The number of benzene rings is 3. The second kappa shape index (κ2) is 9.08. The Kier molecular flexibility index (Phi) is 6.04. The van der Waals surface area contributed by atoms with Crippen molar-refractivity contribution in [1.29, 1.82) is 0 Å². The average Bonchev–Trinajstić information content (AvgIpc) is 2.79. The third-order valence-electron chi connectivity index (χ3n) is 5.23. The summed E-state index contributed by atoms with van der Waals surface area (Å²) in [6.45, 7) is 5.60. The van der Waals surface area contributed by atoms with Crippen LogP contribution in [-0.4, -0.2) is 21.6 Å². The normalized spacial score (nSPS) is 10.9. The number of amides is 2. The molecule has 7 heteroatoms. The molecule has 2 N–H and O–H groups in total. The number of carbonyl (C=O) groups excluding carboxylic acids is 2. The van der Waals surface area contributed by atoms with Gasteiger partial charge in [-0.3, -0.25) is 14.4 Å². The van der Waals surface area contributed by atoms with E-state index in [1.165, 1.54) is 4.68 Å². The minimum atomic E-state index is -0.503. The van der Waals surface area contributed by atoms with E-state index in [4.69, 9.17) is 0 Å². The van der Waals surface area contributed by atoms with Crippen molar-refractivity contribution in [1.82, 2.24) is 9.78 Å². The van der Waals surface area contributed by atoms with Crippen molar-refractivity contribution < 1.29 is 9.59 Å². The van der Waals surface area contributed by atoms with E-state index in [1.54, 1.807) is 54.6 Å². The van der Waals surface area contributed by atoms with Crippen LogP contribution in [0.1, 0.15) is 46.3 Å². The number of aromatic nitrogens is 2. The summed E-state index contributed by atoms with van der Waals surface area (Å²) in [6, 6.07) is 20.9. The highest BCUT2D eigenvalue weighted by molar-refractivity contribution is 6.15. The molecular formula is C26H24N4O3. The number of nitrogens with zero attached hydrogens (tertiary/aromatic N) is 2. The topological polar surface area (TPSA) is 93.1 Å². The molecule has 33 heavy (non-hydrogen) atoms. The van der Waals surface area contributed by atoms with Gasteiger partial charge in [-0.2, -0.15) is 5.10 Å². The molecule has 0 aliphatic rings. The Labute approximate surface area is 191 Å². The zero-order valence-electron chi connectivity index (χ0n) is 18.6. The highest BCUT2D eigenvalue weighted by atomic mass is 16.2. The summed E-state index contributed by atoms with van der Waals surface area (Å²) in [4.78, 5) is 39.0. The molecule has 4 aromatic rings. The van der Waals surface area contributed by atoms with E-state index in [2.05, 4.69) is 15.7 Å². The summed E-state index contributed by atoms with van der Waals surface area (Å²) < 4.78 is 1.30. The first kappa shape index (κ1) is 22.0. The first-order valence-corrected chi connectivity index (χ1v) is 10.6. The summed E-state index contributed by atoms with van der Waals surface area (Å²) in [7, 11) is 0. The van der Waals surface area contributed by atoms with E-state index in [9.17, 15) is 14.4 Å². The molecule has 1 aromatic heterocycles. The van der Waals surface area contributed by atoms with Crippen molar-refractivity contribution in [3.8, 4) is 0 Å². The van der Waals surface area contributed by atoms with Crippen LogP contribution in [0.3, 0.4) is 0 Å². The summed E-state index contributed by atoms with van der Waals surface area (Å²) >= 11 is 0. The highest BCUT2D eigenvalue weighted by Gasteiger charge is 2.20. The maximum atomic E-state index is 13.3. The molecule has 0 atom stereocenters. The number of fused-ring (bicyclic) bond motifs is 1. The molecule has 3 aromatic carbocycles. The molecule has 166 valence electrons. The summed E-state index contributed by atoms with van der Waals surface area (Å²) in [6.07, 6.45) is 0. The van der Waals surface area contributed by atoms with E-state index in [0.29, 0.717) is 27.7 Å².